The number of hydrogen-bond acceptors (Lipinski definition) is 5. The summed E-state index contributed by atoms with van der Waals surface area (Å²) in [4.78, 5) is 13.3. The van der Waals surface area contributed by atoms with Crippen LogP contribution in [0, 0.1) is 0 Å². The van der Waals surface area contributed by atoms with Gasteiger partial charge in [0.1, 0.15) is 0 Å². The molecule has 0 bridgehead atoms. The van der Waals surface area contributed by atoms with Crippen LogP contribution in [0.15, 0.2) is 51.4 Å². The third-order valence-electron chi connectivity index (χ3n) is 3.37. The number of nitrogens with one attached hydrogen (secondary N) is 1. The van der Waals surface area contributed by atoms with Gasteiger partial charge in [-0.05, 0) is 42.1 Å². The molecule has 0 saturated heterocycles. The molecule has 0 aliphatic carbocycles. The number of amides is 1. The highest BCUT2D eigenvalue weighted by Crippen LogP contribution is 2.27. The second kappa shape index (κ2) is 8.64. The summed E-state index contributed by atoms with van der Waals surface area (Å²) in [7, 11) is 0. The predicted octanol–water partition coefficient (Wildman–Crippen LogP) is 4.91. The Balaban J connectivity index is 1.66. The Hall–Kier alpha value is -1.64. The molecule has 5 nitrogen and oxygen atoms in total. The Morgan fingerprint density at radius 3 is 2.76 bits per heavy atom. The second-order valence-electron chi connectivity index (χ2n) is 5.28. The van der Waals surface area contributed by atoms with E-state index in [9.17, 15) is 4.79 Å². The maximum absolute atomic E-state index is 12.2. The first-order chi connectivity index (χ1) is 12.2. The van der Waals surface area contributed by atoms with Gasteiger partial charge in [0, 0.05) is 16.7 Å². The lowest BCUT2D eigenvalue weighted by molar-refractivity contribution is -0.113. The van der Waals surface area contributed by atoms with Crippen LogP contribution in [0.3, 0.4) is 0 Å². The van der Waals surface area contributed by atoms with Gasteiger partial charge in [-0.15, -0.1) is 21.5 Å². The summed E-state index contributed by atoms with van der Waals surface area (Å²) in [6.07, 6.45) is 0.981. The lowest BCUT2D eigenvalue weighted by Gasteiger charge is -2.08. The van der Waals surface area contributed by atoms with Crippen LogP contribution in [-0.2, 0) is 11.3 Å². The molecule has 0 fully saturated rings. The third-order valence-corrected chi connectivity index (χ3v) is 5.73. The van der Waals surface area contributed by atoms with E-state index < -0.39 is 0 Å². The summed E-state index contributed by atoms with van der Waals surface area (Å²) in [5.74, 6) is 1.10. The largest absolute Gasteiger partial charge is 0.325 e. The molecular formula is C17H17BrN4OS2. The van der Waals surface area contributed by atoms with Gasteiger partial charge in [-0.2, -0.15) is 0 Å². The quantitative estimate of drug-likeness (QED) is 0.534. The van der Waals surface area contributed by atoms with Crippen molar-refractivity contribution < 1.29 is 4.79 Å². The molecule has 1 N–H and O–H groups in total. The average molecular weight is 437 g/mol. The molecule has 3 aromatic rings. The van der Waals surface area contributed by atoms with Gasteiger partial charge in [0.25, 0.3) is 0 Å². The van der Waals surface area contributed by atoms with E-state index in [0.717, 1.165) is 39.0 Å². The van der Waals surface area contributed by atoms with Crippen LogP contribution in [0.25, 0.3) is 10.7 Å². The summed E-state index contributed by atoms with van der Waals surface area (Å²) in [6.45, 7) is 2.95. The number of aromatic nitrogens is 3. The van der Waals surface area contributed by atoms with Crippen LogP contribution < -0.4 is 5.32 Å². The normalized spacial score (nSPS) is 10.8. The van der Waals surface area contributed by atoms with E-state index in [1.807, 2.05) is 41.8 Å². The minimum Gasteiger partial charge on any atom is -0.325 e. The molecule has 1 aromatic carbocycles. The van der Waals surface area contributed by atoms with Crippen molar-refractivity contribution in [3.05, 3.63) is 46.3 Å². The van der Waals surface area contributed by atoms with Gasteiger partial charge >= 0.3 is 0 Å². The topological polar surface area (TPSA) is 59.8 Å². The van der Waals surface area contributed by atoms with Gasteiger partial charge in [0.2, 0.25) is 5.91 Å². The molecular weight excluding hydrogens is 420 g/mol. The van der Waals surface area contributed by atoms with Gasteiger partial charge in [-0.1, -0.05) is 40.7 Å². The average Bonchev–Trinajstić information content (AvgIpc) is 3.25. The molecule has 0 unspecified atom stereocenters. The summed E-state index contributed by atoms with van der Waals surface area (Å²) < 4.78 is 3.07. The molecule has 2 aromatic heterocycles. The van der Waals surface area contributed by atoms with Crippen molar-refractivity contribution in [3.63, 3.8) is 0 Å². The number of halogens is 1. The van der Waals surface area contributed by atoms with Crippen molar-refractivity contribution >= 4 is 50.6 Å². The van der Waals surface area contributed by atoms with Crippen LogP contribution in [0.4, 0.5) is 5.69 Å². The summed E-state index contributed by atoms with van der Waals surface area (Å²) in [5.41, 5.74) is 0.781. The zero-order chi connectivity index (χ0) is 17.6. The standard InChI is InChI=1S/C17H17BrN4OS2/c1-2-9-22-16(14-4-3-10-24-14)20-21-17(22)25-11-15(23)19-13-7-5-12(18)6-8-13/h3-8,10H,2,9,11H2,1H3,(H,19,23). The Morgan fingerprint density at radius 2 is 2.08 bits per heavy atom. The molecule has 0 radical (unpaired) electrons. The lowest BCUT2D eigenvalue weighted by atomic mass is 10.3. The van der Waals surface area contributed by atoms with Gasteiger partial charge in [-0.25, -0.2) is 0 Å². The smallest absolute Gasteiger partial charge is 0.234 e. The number of thiophene rings is 1. The number of nitrogens with zero attached hydrogens (tertiary/aromatic N) is 3. The maximum atomic E-state index is 12.2. The minimum absolute atomic E-state index is 0.0592. The first-order valence-corrected chi connectivity index (χ1v) is 10.5. The number of carbonyl (C=O) groups is 1. The third kappa shape index (κ3) is 4.71. The van der Waals surface area contributed by atoms with E-state index in [1.165, 1.54) is 11.8 Å². The second-order valence-corrected chi connectivity index (χ2v) is 8.08. The fraction of sp³-hybridized carbons (Fsp3) is 0.235. The SMILES string of the molecule is CCCn1c(SCC(=O)Nc2ccc(Br)cc2)nnc1-c1cccs1. The highest BCUT2D eigenvalue weighted by atomic mass is 79.9. The van der Waals surface area contributed by atoms with Crippen molar-refractivity contribution in [1.82, 2.24) is 14.8 Å². The number of benzene rings is 1. The Kier molecular flexibility index (Phi) is 6.28. The minimum atomic E-state index is -0.0592. The molecule has 1 amide bonds. The number of carbonyl (C=O) groups excluding carboxylic acids is 1. The molecule has 8 heteroatoms. The molecule has 0 atom stereocenters. The first kappa shape index (κ1) is 18.2. The summed E-state index contributed by atoms with van der Waals surface area (Å²) in [6, 6.07) is 11.6. The van der Waals surface area contributed by atoms with Crippen molar-refractivity contribution in [2.24, 2.45) is 0 Å². The van der Waals surface area contributed by atoms with Gasteiger partial charge in [0.15, 0.2) is 11.0 Å². The fourth-order valence-electron chi connectivity index (χ4n) is 2.27. The monoisotopic (exact) mass is 436 g/mol. The molecule has 2 heterocycles. The zero-order valence-electron chi connectivity index (χ0n) is 13.6. The number of thioether (sulfide) groups is 1. The van der Waals surface area contributed by atoms with Crippen LogP contribution in [0.1, 0.15) is 13.3 Å². The van der Waals surface area contributed by atoms with Crippen LogP contribution in [-0.4, -0.2) is 26.4 Å². The summed E-state index contributed by atoms with van der Waals surface area (Å²) >= 11 is 6.43. The van der Waals surface area contributed by atoms with Crippen LogP contribution in [0.2, 0.25) is 0 Å². The van der Waals surface area contributed by atoms with E-state index in [0.29, 0.717) is 5.75 Å². The van der Waals surface area contributed by atoms with Gasteiger partial charge in [0.05, 0.1) is 10.6 Å². The molecule has 130 valence electrons. The number of rotatable bonds is 7. The van der Waals surface area contributed by atoms with Crippen molar-refractivity contribution in [2.45, 2.75) is 25.0 Å². The fourth-order valence-corrected chi connectivity index (χ4v) is 4.02. The van der Waals surface area contributed by atoms with E-state index >= 15 is 0 Å². The van der Waals surface area contributed by atoms with Crippen molar-refractivity contribution in [1.29, 1.82) is 0 Å². The molecule has 3 rings (SSSR count). The summed E-state index contributed by atoms with van der Waals surface area (Å²) in [5, 5.41) is 14.3. The Labute approximate surface area is 163 Å². The van der Waals surface area contributed by atoms with Gasteiger partial charge < -0.3 is 9.88 Å². The molecule has 0 spiro atoms. The molecule has 0 aliphatic heterocycles. The van der Waals surface area contributed by atoms with E-state index in [4.69, 9.17) is 0 Å². The van der Waals surface area contributed by atoms with Crippen LogP contribution in [0.5, 0.6) is 0 Å². The highest BCUT2D eigenvalue weighted by Gasteiger charge is 2.15. The zero-order valence-corrected chi connectivity index (χ0v) is 16.8. The van der Waals surface area contributed by atoms with Crippen LogP contribution >= 0.6 is 39.0 Å². The predicted molar refractivity (Wildman–Crippen MR) is 107 cm³/mol. The van der Waals surface area contributed by atoms with E-state index in [-0.39, 0.29) is 5.91 Å². The van der Waals surface area contributed by atoms with Crippen molar-refractivity contribution in [2.75, 3.05) is 11.1 Å². The lowest BCUT2D eigenvalue weighted by Crippen LogP contribution is -2.14. The molecule has 25 heavy (non-hydrogen) atoms. The Morgan fingerprint density at radius 1 is 1.28 bits per heavy atom. The maximum Gasteiger partial charge on any atom is 0.234 e. The Bertz CT molecular complexity index is 831. The van der Waals surface area contributed by atoms with Gasteiger partial charge in [-0.3, -0.25) is 4.79 Å². The first-order valence-electron chi connectivity index (χ1n) is 7.82. The molecule has 0 aliphatic rings. The van der Waals surface area contributed by atoms with Crippen molar-refractivity contribution in [3.8, 4) is 10.7 Å². The molecule has 0 saturated carbocycles. The number of anilines is 1. The van der Waals surface area contributed by atoms with E-state index in [1.54, 1.807) is 11.3 Å². The van der Waals surface area contributed by atoms with E-state index in [2.05, 4.69) is 42.9 Å². The number of hydrogen-bond donors (Lipinski definition) is 1. The highest BCUT2D eigenvalue weighted by molar-refractivity contribution is 9.10.